The lowest BCUT2D eigenvalue weighted by atomic mass is 10.0. The van der Waals surface area contributed by atoms with Crippen molar-refractivity contribution in [3.8, 4) is 0 Å². The molecule has 2 aromatic heterocycles. The second-order valence-electron chi connectivity index (χ2n) is 6.46. The molecule has 0 spiro atoms. The van der Waals surface area contributed by atoms with Gasteiger partial charge in [0.15, 0.2) is 0 Å². The van der Waals surface area contributed by atoms with Crippen molar-refractivity contribution < 1.29 is 9.53 Å². The fraction of sp³-hybridized carbons (Fsp3) is 0.529. The molecule has 1 N–H and O–H groups in total. The van der Waals surface area contributed by atoms with Gasteiger partial charge in [0.2, 0.25) is 5.95 Å². The molecule has 1 fully saturated rings. The normalized spacial score (nSPS) is 18.5. The van der Waals surface area contributed by atoms with E-state index in [1.165, 1.54) is 0 Å². The number of hydrogen-bond acceptors (Lipinski definition) is 6. The number of anilines is 2. The molecule has 8 nitrogen and oxygen atoms in total. The minimum atomic E-state index is -0.363. The molecule has 1 saturated heterocycles. The Morgan fingerprint density at radius 3 is 2.84 bits per heavy atom. The maximum atomic E-state index is 12.1. The summed E-state index contributed by atoms with van der Waals surface area (Å²) < 4.78 is 7.07. The van der Waals surface area contributed by atoms with Crippen molar-refractivity contribution in [3.05, 3.63) is 30.2 Å². The molecular weight excluding hydrogens is 320 g/mol. The van der Waals surface area contributed by atoms with Crippen molar-refractivity contribution >= 4 is 17.9 Å². The molecule has 134 valence electrons. The zero-order valence-corrected chi connectivity index (χ0v) is 15.0. The SMILES string of the molecule is CCn1ccc([C@@H](C)Nc2nccc(N3C(=O)OC[C@@H]3C(C)C)n2)n1. The maximum absolute atomic E-state index is 12.1. The lowest BCUT2D eigenvalue weighted by molar-refractivity contribution is 0.177. The minimum absolute atomic E-state index is 0.0204. The third kappa shape index (κ3) is 3.57. The van der Waals surface area contributed by atoms with Crippen LogP contribution in [0.1, 0.15) is 39.4 Å². The van der Waals surface area contributed by atoms with Crippen molar-refractivity contribution in [1.29, 1.82) is 0 Å². The molecule has 0 aliphatic carbocycles. The molecule has 0 bridgehead atoms. The summed E-state index contributed by atoms with van der Waals surface area (Å²) in [5.74, 6) is 1.28. The Balaban J connectivity index is 1.78. The summed E-state index contributed by atoms with van der Waals surface area (Å²) in [6, 6.07) is 3.63. The van der Waals surface area contributed by atoms with E-state index in [-0.39, 0.29) is 24.1 Å². The van der Waals surface area contributed by atoms with Gasteiger partial charge in [-0.15, -0.1) is 0 Å². The third-order valence-corrected chi connectivity index (χ3v) is 4.34. The van der Waals surface area contributed by atoms with Crippen LogP contribution in [0.4, 0.5) is 16.6 Å². The van der Waals surface area contributed by atoms with E-state index in [0.717, 1.165) is 12.2 Å². The first-order valence-electron chi connectivity index (χ1n) is 8.58. The molecule has 0 saturated carbocycles. The van der Waals surface area contributed by atoms with E-state index in [9.17, 15) is 4.79 Å². The lowest BCUT2D eigenvalue weighted by Crippen LogP contribution is -2.37. The van der Waals surface area contributed by atoms with Gasteiger partial charge >= 0.3 is 6.09 Å². The molecule has 8 heteroatoms. The number of carbonyl (C=O) groups is 1. The molecule has 3 rings (SSSR count). The predicted molar refractivity (Wildman–Crippen MR) is 94.4 cm³/mol. The number of amides is 1. The second-order valence-corrected chi connectivity index (χ2v) is 6.46. The first kappa shape index (κ1) is 17.2. The fourth-order valence-corrected chi connectivity index (χ4v) is 2.80. The van der Waals surface area contributed by atoms with Gasteiger partial charge in [0.05, 0.1) is 17.8 Å². The summed E-state index contributed by atoms with van der Waals surface area (Å²) >= 11 is 0. The number of aromatic nitrogens is 4. The monoisotopic (exact) mass is 344 g/mol. The van der Waals surface area contributed by atoms with Gasteiger partial charge in [0, 0.05) is 18.9 Å². The number of cyclic esters (lactones) is 1. The van der Waals surface area contributed by atoms with Gasteiger partial charge in [-0.05, 0) is 31.9 Å². The molecule has 0 aromatic carbocycles. The van der Waals surface area contributed by atoms with E-state index in [4.69, 9.17) is 4.74 Å². The van der Waals surface area contributed by atoms with Crippen molar-refractivity contribution in [3.63, 3.8) is 0 Å². The van der Waals surface area contributed by atoms with E-state index < -0.39 is 0 Å². The van der Waals surface area contributed by atoms with E-state index in [1.54, 1.807) is 17.2 Å². The number of hydrogen-bond donors (Lipinski definition) is 1. The molecule has 1 amide bonds. The van der Waals surface area contributed by atoms with Crippen LogP contribution in [-0.4, -0.2) is 38.5 Å². The fourth-order valence-electron chi connectivity index (χ4n) is 2.80. The van der Waals surface area contributed by atoms with E-state index in [0.29, 0.717) is 18.4 Å². The first-order chi connectivity index (χ1) is 12.0. The summed E-state index contributed by atoms with van der Waals surface area (Å²) in [7, 11) is 0. The average Bonchev–Trinajstić information content (AvgIpc) is 3.21. The highest BCUT2D eigenvalue weighted by Gasteiger charge is 2.37. The summed E-state index contributed by atoms with van der Waals surface area (Å²) in [5.41, 5.74) is 0.913. The highest BCUT2D eigenvalue weighted by atomic mass is 16.6. The largest absolute Gasteiger partial charge is 0.447 e. The van der Waals surface area contributed by atoms with Gasteiger partial charge in [-0.2, -0.15) is 10.1 Å². The molecule has 2 atom stereocenters. The number of nitrogens with zero attached hydrogens (tertiary/aromatic N) is 5. The predicted octanol–water partition coefficient (Wildman–Crippen LogP) is 2.85. The molecule has 25 heavy (non-hydrogen) atoms. The van der Waals surface area contributed by atoms with Crippen LogP contribution in [-0.2, 0) is 11.3 Å². The molecule has 2 aromatic rings. The quantitative estimate of drug-likeness (QED) is 0.867. The van der Waals surface area contributed by atoms with Gasteiger partial charge in [-0.25, -0.2) is 9.78 Å². The van der Waals surface area contributed by atoms with Crippen LogP contribution in [0.25, 0.3) is 0 Å². The molecular formula is C17H24N6O2. The number of aryl methyl sites for hydroxylation is 1. The number of carbonyl (C=O) groups excluding carboxylic acids is 1. The molecule has 0 radical (unpaired) electrons. The second kappa shape index (κ2) is 7.08. The molecule has 0 unspecified atom stereocenters. The van der Waals surface area contributed by atoms with Crippen LogP contribution in [0.2, 0.25) is 0 Å². The van der Waals surface area contributed by atoms with Gasteiger partial charge in [0.25, 0.3) is 0 Å². The highest BCUT2D eigenvalue weighted by Crippen LogP contribution is 2.26. The standard InChI is InChI=1S/C17H24N6O2/c1-5-22-9-7-13(21-22)12(4)19-16-18-8-6-15(20-16)23-14(11(2)3)10-25-17(23)24/h6-9,11-12,14H,5,10H2,1-4H3,(H,18,19,20)/t12-,14-/m1/s1. The zero-order chi connectivity index (χ0) is 18.0. The van der Waals surface area contributed by atoms with Gasteiger partial charge in [0.1, 0.15) is 12.4 Å². The Morgan fingerprint density at radius 1 is 1.36 bits per heavy atom. The van der Waals surface area contributed by atoms with E-state index >= 15 is 0 Å². The highest BCUT2D eigenvalue weighted by molar-refractivity contribution is 5.89. The van der Waals surface area contributed by atoms with Crippen LogP contribution in [0.15, 0.2) is 24.5 Å². The van der Waals surface area contributed by atoms with E-state index in [1.807, 2.05) is 30.8 Å². The average molecular weight is 344 g/mol. The Bertz CT molecular complexity index is 744. The Hall–Kier alpha value is -2.64. The Morgan fingerprint density at radius 2 is 2.16 bits per heavy atom. The van der Waals surface area contributed by atoms with Gasteiger partial charge < -0.3 is 10.1 Å². The van der Waals surface area contributed by atoms with Crippen LogP contribution < -0.4 is 10.2 Å². The van der Waals surface area contributed by atoms with Crippen molar-refractivity contribution in [1.82, 2.24) is 19.7 Å². The van der Waals surface area contributed by atoms with Crippen LogP contribution >= 0.6 is 0 Å². The molecule has 1 aliphatic heterocycles. The number of nitrogens with one attached hydrogen (secondary N) is 1. The van der Waals surface area contributed by atoms with Crippen LogP contribution in [0.3, 0.4) is 0 Å². The summed E-state index contributed by atoms with van der Waals surface area (Å²) in [4.78, 5) is 22.5. The summed E-state index contributed by atoms with van der Waals surface area (Å²) in [6.07, 6.45) is 3.22. The topological polar surface area (TPSA) is 85.2 Å². The smallest absolute Gasteiger partial charge is 0.415 e. The Kier molecular flexibility index (Phi) is 4.87. The Labute approximate surface area is 147 Å². The van der Waals surface area contributed by atoms with Crippen molar-refractivity contribution in [2.24, 2.45) is 5.92 Å². The molecule has 1 aliphatic rings. The van der Waals surface area contributed by atoms with Crippen LogP contribution in [0.5, 0.6) is 0 Å². The van der Waals surface area contributed by atoms with Gasteiger partial charge in [-0.3, -0.25) is 9.58 Å². The van der Waals surface area contributed by atoms with Crippen molar-refractivity contribution in [2.75, 3.05) is 16.8 Å². The third-order valence-electron chi connectivity index (χ3n) is 4.34. The summed E-state index contributed by atoms with van der Waals surface area (Å²) in [5, 5.41) is 7.73. The first-order valence-corrected chi connectivity index (χ1v) is 8.58. The number of ether oxygens (including phenoxy) is 1. The van der Waals surface area contributed by atoms with Gasteiger partial charge in [-0.1, -0.05) is 13.8 Å². The number of rotatable bonds is 6. The molecule has 3 heterocycles. The van der Waals surface area contributed by atoms with E-state index in [2.05, 4.69) is 34.2 Å². The zero-order valence-electron chi connectivity index (χ0n) is 15.0. The van der Waals surface area contributed by atoms with Crippen LogP contribution in [0, 0.1) is 5.92 Å². The minimum Gasteiger partial charge on any atom is -0.447 e. The lowest BCUT2D eigenvalue weighted by Gasteiger charge is -2.23. The van der Waals surface area contributed by atoms with Crippen molar-refractivity contribution in [2.45, 2.75) is 46.3 Å². The summed E-state index contributed by atoms with van der Waals surface area (Å²) in [6.45, 7) is 9.37. The maximum Gasteiger partial charge on any atom is 0.415 e.